The fourth-order valence-electron chi connectivity index (χ4n) is 7.88. The van der Waals surface area contributed by atoms with E-state index in [9.17, 15) is 129 Å². The molecule has 3 rings (SSSR count). The summed E-state index contributed by atoms with van der Waals surface area (Å²) in [6, 6.07) is -9.44. The summed E-state index contributed by atoms with van der Waals surface area (Å²) in [5, 5.41) is 169. The summed E-state index contributed by atoms with van der Waals surface area (Å²) in [5.41, 5.74) is 5.95. The topological polar surface area (TPSA) is 668 Å². The van der Waals surface area contributed by atoms with E-state index in [1.54, 1.807) is 16.0 Å². The standard InChI is InChI=1S/C49H71N13O26S/c1-17(53-41(80)18-3-5-19(6-4-18)51-11-20-12-52-40-33(54-20)47(86)62-49(50)61-40)2-8-27(69)58-30(37(77)34(74)24(66)13-63)44(83)55-21(7-9-28(70)71)42(81)59-31(38(78)35(75)25(67)14-64)45(84)56-22(10-29(72)73)43(82)60-32(39(79)36(76)26(68)15-65)46(85)57-23(16-89)48(87)88/h3-6,12,17,21-26,30-32,34-39,51,63-68,74-79,89H,2,7-11,13-16H2,1H3,(H,53,80)(H,55,83)(H,56,84)(H,57,85)(H,58,69)(H,59,81)(H,60,82)(H,70,71)(H,72,73)(H,87,88)(H3,50,52,61,62,86)/t17-,21+,22+,23+,24-,25-,26-,30+,31+,32+,34-,35-,36-,37-,38-,39-/m1/s1. The maximum atomic E-state index is 14.1. The lowest BCUT2D eigenvalue weighted by Gasteiger charge is -2.33. The van der Waals surface area contributed by atoms with Crippen LogP contribution < -0.4 is 53.8 Å². The minimum absolute atomic E-state index is 0.0351. The number of carboxylic acids is 3. The van der Waals surface area contributed by atoms with Crippen LogP contribution in [-0.4, -0.2) is 279 Å². The number of carboxylic acid groups (broad SMARTS) is 3. The van der Waals surface area contributed by atoms with Crippen LogP contribution in [0.5, 0.6) is 0 Å². The number of H-pyrrole nitrogens is 1. The molecule has 7 amide bonds. The fraction of sp³-hybridized carbons (Fsp3) is 0.551. The minimum Gasteiger partial charge on any atom is -0.481 e. The summed E-state index contributed by atoms with van der Waals surface area (Å²) in [6.45, 7) is -2.34. The van der Waals surface area contributed by atoms with Crippen LogP contribution in [0.15, 0.2) is 35.3 Å². The molecule has 16 atom stereocenters. The van der Waals surface area contributed by atoms with Crippen molar-refractivity contribution in [3.8, 4) is 0 Å². The molecule has 0 bridgehead atoms. The van der Waals surface area contributed by atoms with Crippen LogP contribution in [0.1, 0.15) is 55.1 Å². The number of rotatable bonds is 38. The van der Waals surface area contributed by atoms with E-state index in [1.165, 1.54) is 37.4 Å². The number of aliphatic carboxylic acids is 3. The summed E-state index contributed by atoms with van der Waals surface area (Å²) in [5.74, 6) is -16.7. The number of hydrogen-bond donors (Lipinski definition) is 26. The zero-order valence-corrected chi connectivity index (χ0v) is 47.7. The molecule has 39 nitrogen and oxygen atoms in total. The van der Waals surface area contributed by atoms with Crippen molar-refractivity contribution in [2.24, 2.45) is 0 Å². The molecule has 89 heavy (non-hydrogen) atoms. The number of aromatic nitrogens is 4. The van der Waals surface area contributed by atoms with Crippen LogP contribution in [0, 0.1) is 0 Å². The first kappa shape index (κ1) is 74.9. The van der Waals surface area contributed by atoms with Crippen LogP contribution in [0.3, 0.4) is 0 Å². The third-order valence-corrected chi connectivity index (χ3v) is 13.3. The lowest BCUT2D eigenvalue weighted by atomic mass is 9.97. The summed E-state index contributed by atoms with van der Waals surface area (Å²) >= 11 is 3.76. The highest BCUT2D eigenvalue weighted by atomic mass is 32.1. The Hall–Kier alpha value is -8.39. The van der Waals surface area contributed by atoms with Crippen molar-refractivity contribution in [1.29, 1.82) is 0 Å². The zero-order chi connectivity index (χ0) is 67.1. The molecule has 3 aromatic rings. The van der Waals surface area contributed by atoms with E-state index in [4.69, 9.17) is 5.73 Å². The number of aromatic amines is 1. The van der Waals surface area contributed by atoms with Crippen molar-refractivity contribution in [3.05, 3.63) is 52.1 Å². The third-order valence-electron chi connectivity index (χ3n) is 13.0. The van der Waals surface area contributed by atoms with E-state index >= 15 is 0 Å². The normalized spacial score (nSPS) is 16.8. The van der Waals surface area contributed by atoms with E-state index in [-0.39, 0.29) is 35.6 Å². The van der Waals surface area contributed by atoms with Gasteiger partial charge in [0.1, 0.15) is 91.2 Å². The Morgan fingerprint density at radius 1 is 0.573 bits per heavy atom. The lowest BCUT2D eigenvalue weighted by molar-refractivity contribution is -0.147. The van der Waals surface area contributed by atoms with Crippen molar-refractivity contribution in [3.63, 3.8) is 0 Å². The molecule has 2 aromatic heterocycles. The molecule has 1 aromatic carbocycles. The van der Waals surface area contributed by atoms with Gasteiger partial charge in [0.25, 0.3) is 11.5 Å². The molecule has 494 valence electrons. The number of fused-ring (bicyclic) bond motifs is 1. The average Bonchev–Trinajstić information content (AvgIpc) is 2.49. The number of nitrogen functional groups attached to an aromatic ring is 1. The number of nitrogens with zero attached hydrogens (tertiary/aromatic N) is 3. The van der Waals surface area contributed by atoms with Gasteiger partial charge in [0.05, 0.1) is 44.7 Å². The van der Waals surface area contributed by atoms with Gasteiger partial charge in [-0.25, -0.2) is 14.8 Å². The molecular weight excluding hydrogens is 1220 g/mol. The number of anilines is 2. The highest BCUT2D eigenvalue weighted by molar-refractivity contribution is 7.80. The molecule has 0 saturated carbocycles. The highest BCUT2D eigenvalue weighted by Crippen LogP contribution is 2.16. The number of carbonyl (C=O) groups is 10. The first-order valence-corrected chi connectivity index (χ1v) is 27.1. The summed E-state index contributed by atoms with van der Waals surface area (Å²) in [4.78, 5) is 158. The van der Waals surface area contributed by atoms with Gasteiger partial charge in [-0.1, -0.05) is 0 Å². The molecule has 0 spiro atoms. The van der Waals surface area contributed by atoms with E-state index < -0.39 is 213 Å². The second kappa shape index (κ2) is 35.6. The van der Waals surface area contributed by atoms with Crippen molar-refractivity contribution in [2.45, 2.75) is 143 Å². The number of thiol groups is 1. The van der Waals surface area contributed by atoms with Crippen molar-refractivity contribution in [2.75, 3.05) is 36.6 Å². The predicted molar refractivity (Wildman–Crippen MR) is 300 cm³/mol. The van der Waals surface area contributed by atoms with Gasteiger partial charge in [-0.15, -0.1) is 0 Å². The van der Waals surface area contributed by atoms with Gasteiger partial charge >= 0.3 is 17.9 Å². The largest absolute Gasteiger partial charge is 0.481 e. The van der Waals surface area contributed by atoms with Crippen LogP contribution in [0.4, 0.5) is 11.6 Å². The molecule has 40 heteroatoms. The molecule has 0 saturated heterocycles. The Kier molecular flexibility index (Phi) is 29.9. The van der Waals surface area contributed by atoms with Gasteiger partial charge in [0.15, 0.2) is 11.2 Å². The first-order chi connectivity index (χ1) is 41.8. The summed E-state index contributed by atoms with van der Waals surface area (Å²) in [7, 11) is 0. The third kappa shape index (κ3) is 22.6. The van der Waals surface area contributed by atoms with E-state index in [2.05, 4.69) is 48.5 Å². The molecule has 2 heterocycles. The lowest BCUT2D eigenvalue weighted by Crippen LogP contribution is -2.66. The monoisotopic (exact) mass is 1290 g/mol. The second-order valence-corrected chi connectivity index (χ2v) is 20.1. The Labute approximate surface area is 506 Å². The number of carbonyl (C=O) groups excluding carboxylic acids is 7. The summed E-state index contributed by atoms with van der Waals surface area (Å²) in [6.07, 6.45) is -25.7. The van der Waals surface area contributed by atoms with Crippen LogP contribution in [0.2, 0.25) is 0 Å². The molecule has 0 aliphatic rings. The van der Waals surface area contributed by atoms with Gasteiger partial charge < -0.3 is 125 Å². The van der Waals surface area contributed by atoms with Crippen LogP contribution in [-0.2, 0) is 49.7 Å². The van der Waals surface area contributed by atoms with E-state index in [0.29, 0.717) is 11.4 Å². The maximum Gasteiger partial charge on any atom is 0.327 e. The van der Waals surface area contributed by atoms with Crippen molar-refractivity contribution < 1.29 is 125 Å². The van der Waals surface area contributed by atoms with Crippen molar-refractivity contribution >= 4 is 94.7 Å². The van der Waals surface area contributed by atoms with Gasteiger partial charge in [-0.3, -0.25) is 52.9 Å². The second-order valence-electron chi connectivity index (χ2n) is 19.8. The minimum atomic E-state index is -2.85. The fourth-order valence-corrected chi connectivity index (χ4v) is 8.12. The zero-order valence-electron chi connectivity index (χ0n) is 46.8. The maximum absolute atomic E-state index is 14.1. The number of aliphatic hydroxyl groups excluding tert-OH is 12. The first-order valence-electron chi connectivity index (χ1n) is 26.5. The average molecular weight is 1290 g/mol. The number of hydrogen-bond acceptors (Lipinski definition) is 29. The van der Waals surface area contributed by atoms with Gasteiger partial charge in [0, 0.05) is 35.9 Å². The van der Waals surface area contributed by atoms with Crippen molar-refractivity contribution in [1.82, 2.24) is 57.2 Å². The smallest absolute Gasteiger partial charge is 0.327 e. The van der Waals surface area contributed by atoms with E-state index in [0.717, 1.165) is 0 Å². The number of nitrogens with one attached hydrogen (secondary N) is 9. The van der Waals surface area contributed by atoms with Gasteiger partial charge in [-0.05, 0) is 44.0 Å². The van der Waals surface area contributed by atoms with E-state index in [1.807, 2.05) is 10.6 Å². The Morgan fingerprint density at radius 3 is 1.51 bits per heavy atom. The number of benzene rings is 1. The quantitative estimate of drug-likeness (QED) is 0.0237. The summed E-state index contributed by atoms with van der Waals surface area (Å²) < 4.78 is 0. The highest BCUT2D eigenvalue weighted by Gasteiger charge is 2.44. The Balaban J connectivity index is 1.88. The number of amides is 7. The van der Waals surface area contributed by atoms with Gasteiger partial charge in [-0.2, -0.15) is 17.6 Å². The molecule has 0 radical (unpaired) electrons. The Morgan fingerprint density at radius 2 is 1.04 bits per heavy atom. The molecular formula is C49H71N13O26S. The molecule has 0 aliphatic carbocycles. The SMILES string of the molecule is C[C@H](CCC(=O)N[C@H](C(=O)N[C@@H](CCC(=O)O)C(=O)N[C@H](C(=O)N[C@@H](CC(=O)O)C(=O)N[C@H](C(=O)N[C@@H](CS)C(=O)O)[C@@H](O)[C@H](O)[C@H](O)CO)[C@@H](O)[C@H](O)[C@H](O)CO)[C@@H](O)[C@H](O)[C@H](O)CO)NC(=O)c1ccc(NCc2cnc3nc(N)[nH]c(=O)c3n2)cc1. The molecule has 0 unspecified atom stereocenters. The number of aliphatic hydroxyl groups is 12. The van der Waals surface area contributed by atoms with Crippen LogP contribution in [0.25, 0.3) is 11.2 Å². The predicted octanol–water partition coefficient (Wildman–Crippen LogP) is -11.7. The molecule has 26 N–H and O–H groups in total. The molecule has 0 fully saturated rings. The van der Waals surface area contributed by atoms with Crippen LogP contribution >= 0.6 is 12.6 Å². The molecule has 0 aliphatic heterocycles. The number of nitrogens with two attached hydrogens (primary N) is 1. The Bertz CT molecular complexity index is 3010. The van der Waals surface area contributed by atoms with Gasteiger partial charge in [0.2, 0.25) is 41.4 Å².